The van der Waals surface area contributed by atoms with E-state index >= 15 is 0 Å². The molecule has 2 amide bonds. The maximum absolute atomic E-state index is 13.6. The zero-order valence-electron chi connectivity index (χ0n) is 19.6. The Morgan fingerprint density at radius 2 is 1.68 bits per heavy atom. The Bertz CT molecular complexity index is 1060. The fraction of sp³-hybridized carbons (Fsp3) is 0.417. The highest BCUT2D eigenvalue weighted by molar-refractivity contribution is 14.1. The van der Waals surface area contributed by atoms with Crippen LogP contribution in [0.2, 0.25) is 5.02 Å². The van der Waals surface area contributed by atoms with E-state index in [1.807, 2.05) is 13.8 Å². The number of anilines is 1. The predicted molar refractivity (Wildman–Crippen MR) is 145 cm³/mol. The van der Waals surface area contributed by atoms with Gasteiger partial charge >= 0.3 is 0 Å². The standard InChI is InChI=1S/C24H31ClIN3O4S/c1-4-6-15-27-24(31)22(5-2)28(16-18-7-9-19(25)10-8-18)23(30)17-29(34(3,32)33)21-13-11-20(26)12-14-21/h7-14,22H,4-6,15-17H2,1-3H3,(H,27,31)/t22-/m1/s1. The van der Waals surface area contributed by atoms with Crippen LogP contribution in [0.3, 0.4) is 0 Å². The second-order valence-corrected chi connectivity index (χ2v) is 11.6. The Hall–Kier alpha value is -1.85. The van der Waals surface area contributed by atoms with Crippen molar-refractivity contribution in [1.29, 1.82) is 0 Å². The Morgan fingerprint density at radius 3 is 2.21 bits per heavy atom. The molecule has 0 fully saturated rings. The molecule has 0 radical (unpaired) electrons. The first-order valence-corrected chi connectivity index (χ1v) is 14.4. The van der Waals surface area contributed by atoms with Gasteiger partial charge in [-0.25, -0.2) is 8.42 Å². The molecular weight excluding hydrogens is 589 g/mol. The van der Waals surface area contributed by atoms with Crippen LogP contribution in [0, 0.1) is 3.57 Å². The van der Waals surface area contributed by atoms with Crippen molar-refractivity contribution >= 4 is 61.7 Å². The highest BCUT2D eigenvalue weighted by atomic mass is 127. The fourth-order valence-electron chi connectivity index (χ4n) is 3.43. The van der Waals surface area contributed by atoms with Gasteiger partial charge in [-0.3, -0.25) is 13.9 Å². The van der Waals surface area contributed by atoms with Crippen molar-refractivity contribution in [3.63, 3.8) is 0 Å². The third-order valence-electron chi connectivity index (χ3n) is 5.28. The molecule has 34 heavy (non-hydrogen) atoms. The molecule has 0 aromatic heterocycles. The van der Waals surface area contributed by atoms with E-state index in [9.17, 15) is 18.0 Å². The Morgan fingerprint density at radius 1 is 1.06 bits per heavy atom. The minimum Gasteiger partial charge on any atom is -0.354 e. The lowest BCUT2D eigenvalue weighted by atomic mass is 10.1. The molecule has 0 bridgehead atoms. The molecule has 0 aliphatic heterocycles. The molecule has 7 nitrogen and oxygen atoms in total. The lowest BCUT2D eigenvalue weighted by Crippen LogP contribution is -2.52. The van der Waals surface area contributed by atoms with Crippen LogP contribution in [0.15, 0.2) is 48.5 Å². The molecule has 2 rings (SSSR count). The van der Waals surface area contributed by atoms with E-state index in [0.29, 0.717) is 23.7 Å². The van der Waals surface area contributed by atoms with E-state index in [4.69, 9.17) is 11.6 Å². The Labute approximate surface area is 221 Å². The monoisotopic (exact) mass is 619 g/mol. The summed E-state index contributed by atoms with van der Waals surface area (Å²) >= 11 is 8.13. The van der Waals surface area contributed by atoms with Gasteiger partial charge in [0.05, 0.1) is 11.9 Å². The van der Waals surface area contributed by atoms with E-state index in [1.54, 1.807) is 48.5 Å². The summed E-state index contributed by atoms with van der Waals surface area (Å²) < 4.78 is 27.2. The molecule has 1 atom stereocenters. The van der Waals surface area contributed by atoms with Crippen LogP contribution in [0.1, 0.15) is 38.7 Å². The molecule has 0 unspecified atom stereocenters. The number of sulfonamides is 1. The number of carbonyl (C=O) groups is 2. The molecule has 0 saturated heterocycles. The van der Waals surface area contributed by atoms with Gasteiger partial charge in [0, 0.05) is 21.7 Å². The van der Waals surface area contributed by atoms with Crippen LogP contribution >= 0.6 is 34.2 Å². The van der Waals surface area contributed by atoms with Crippen molar-refractivity contribution in [3.05, 3.63) is 62.7 Å². The molecule has 2 aromatic carbocycles. The SMILES string of the molecule is CCCCNC(=O)[C@@H](CC)N(Cc1ccc(Cl)cc1)C(=O)CN(c1ccc(I)cc1)S(C)(=O)=O. The van der Waals surface area contributed by atoms with Gasteiger partial charge in [-0.1, -0.05) is 44.0 Å². The average Bonchev–Trinajstić information content (AvgIpc) is 2.78. The summed E-state index contributed by atoms with van der Waals surface area (Å²) in [6.07, 6.45) is 3.22. The van der Waals surface area contributed by atoms with Gasteiger partial charge in [-0.2, -0.15) is 0 Å². The number of nitrogens with zero attached hydrogens (tertiary/aromatic N) is 2. The van der Waals surface area contributed by atoms with Gasteiger partial charge in [-0.05, 0) is 77.4 Å². The van der Waals surface area contributed by atoms with Crippen LogP contribution in [-0.2, 0) is 26.2 Å². The lowest BCUT2D eigenvalue weighted by molar-refractivity contribution is -0.140. The molecular formula is C24H31ClIN3O4S. The van der Waals surface area contributed by atoms with Gasteiger partial charge in [0.1, 0.15) is 12.6 Å². The summed E-state index contributed by atoms with van der Waals surface area (Å²) in [7, 11) is -3.74. The number of benzene rings is 2. The summed E-state index contributed by atoms with van der Waals surface area (Å²) in [5, 5.41) is 3.46. The summed E-state index contributed by atoms with van der Waals surface area (Å²) in [6, 6.07) is 13.2. The third-order valence-corrected chi connectivity index (χ3v) is 7.39. The highest BCUT2D eigenvalue weighted by Crippen LogP contribution is 2.21. The topological polar surface area (TPSA) is 86.8 Å². The van der Waals surface area contributed by atoms with Gasteiger partial charge < -0.3 is 10.2 Å². The van der Waals surface area contributed by atoms with Crippen LogP contribution < -0.4 is 9.62 Å². The normalized spacial score (nSPS) is 12.1. The number of hydrogen-bond donors (Lipinski definition) is 1. The number of unbranched alkanes of at least 4 members (excludes halogenated alkanes) is 1. The van der Waals surface area contributed by atoms with E-state index in [0.717, 1.165) is 32.5 Å². The van der Waals surface area contributed by atoms with E-state index in [1.165, 1.54) is 4.90 Å². The number of rotatable bonds is 12. The maximum Gasteiger partial charge on any atom is 0.244 e. The van der Waals surface area contributed by atoms with Crippen LogP contribution in [-0.4, -0.2) is 50.5 Å². The summed E-state index contributed by atoms with van der Waals surface area (Å²) in [5.74, 6) is -0.713. The third kappa shape index (κ3) is 8.42. The quantitative estimate of drug-likeness (QED) is 0.281. The molecule has 2 aromatic rings. The zero-order valence-corrected chi connectivity index (χ0v) is 23.4. The van der Waals surface area contributed by atoms with Crippen molar-refractivity contribution in [1.82, 2.24) is 10.2 Å². The van der Waals surface area contributed by atoms with Gasteiger partial charge in [0.25, 0.3) is 0 Å². The predicted octanol–water partition coefficient (Wildman–Crippen LogP) is 4.43. The van der Waals surface area contributed by atoms with Crippen LogP contribution in [0.4, 0.5) is 5.69 Å². The fourth-order valence-corrected chi connectivity index (χ4v) is 4.77. The van der Waals surface area contributed by atoms with Crippen molar-refractivity contribution in [2.24, 2.45) is 0 Å². The zero-order chi connectivity index (χ0) is 25.3. The molecule has 10 heteroatoms. The number of amides is 2. The first kappa shape index (κ1) is 28.4. The summed E-state index contributed by atoms with van der Waals surface area (Å²) in [6.45, 7) is 4.13. The molecule has 0 saturated carbocycles. The Balaban J connectivity index is 2.37. The first-order valence-electron chi connectivity index (χ1n) is 11.1. The highest BCUT2D eigenvalue weighted by Gasteiger charge is 2.31. The Kier molecular flexibility index (Phi) is 11.1. The molecule has 0 spiro atoms. The second-order valence-electron chi connectivity index (χ2n) is 7.96. The minimum atomic E-state index is -3.74. The van der Waals surface area contributed by atoms with Gasteiger partial charge in [-0.15, -0.1) is 0 Å². The number of carbonyl (C=O) groups excluding carboxylic acids is 2. The number of nitrogens with one attached hydrogen (secondary N) is 1. The molecule has 0 aliphatic rings. The largest absolute Gasteiger partial charge is 0.354 e. The number of hydrogen-bond acceptors (Lipinski definition) is 4. The van der Waals surface area contributed by atoms with Gasteiger partial charge in [0.15, 0.2) is 0 Å². The van der Waals surface area contributed by atoms with Crippen LogP contribution in [0.25, 0.3) is 0 Å². The average molecular weight is 620 g/mol. The molecule has 186 valence electrons. The van der Waals surface area contributed by atoms with Crippen molar-refractivity contribution < 1.29 is 18.0 Å². The van der Waals surface area contributed by atoms with Crippen molar-refractivity contribution in [2.75, 3.05) is 23.7 Å². The summed E-state index contributed by atoms with van der Waals surface area (Å²) in [4.78, 5) is 28.0. The van der Waals surface area contributed by atoms with Crippen LogP contribution in [0.5, 0.6) is 0 Å². The molecule has 1 N–H and O–H groups in total. The van der Waals surface area contributed by atoms with Crippen molar-refractivity contribution in [2.45, 2.75) is 45.7 Å². The molecule has 0 aliphatic carbocycles. The number of halogens is 2. The lowest BCUT2D eigenvalue weighted by Gasteiger charge is -2.33. The van der Waals surface area contributed by atoms with Gasteiger partial charge in [0.2, 0.25) is 21.8 Å². The minimum absolute atomic E-state index is 0.153. The summed E-state index contributed by atoms with van der Waals surface area (Å²) in [5.41, 5.74) is 1.18. The first-order chi connectivity index (χ1) is 16.1. The van der Waals surface area contributed by atoms with E-state index < -0.39 is 28.5 Å². The smallest absolute Gasteiger partial charge is 0.244 e. The van der Waals surface area contributed by atoms with Crippen molar-refractivity contribution in [3.8, 4) is 0 Å². The second kappa shape index (κ2) is 13.3. The molecule has 0 heterocycles. The maximum atomic E-state index is 13.6. The van der Waals surface area contributed by atoms with E-state index in [-0.39, 0.29) is 12.5 Å². The van der Waals surface area contributed by atoms with E-state index in [2.05, 4.69) is 27.9 Å².